The molecule has 0 amide bonds. The highest BCUT2D eigenvalue weighted by molar-refractivity contribution is 7.26. The van der Waals surface area contributed by atoms with Gasteiger partial charge < -0.3 is 18.0 Å². The molecule has 116 heavy (non-hydrogen) atoms. The Bertz CT molecular complexity index is 8020. The smallest absolute Gasteiger partial charge is 0.247 e. The summed E-state index contributed by atoms with van der Waals surface area (Å²) in [4.78, 5) is 17.2. The van der Waals surface area contributed by atoms with Crippen molar-refractivity contribution in [2.45, 2.75) is 0 Å². The van der Waals surface area contributed by atoms with Crippen molar-refractivity contribution in [1.29, 1.82) is 0 Å². The average Bonchev–Trinajstić information content (AvgIpc) is 1.58. The third-order valence-corrected chi connectivity index (χ3v) is 27.4. The number of hydrogen-bond donors (Lipinski definition) is 0. The highest BCUT2D eigenvalue weighted by atomic mass is 32.1. The molecule has 24 rings (SSSR count). The molecule has 0 spiro atoms. The van der Waals surface area contributed by atoms with Crippen LogP contribution in [0.15, 0.2) is 356 Å². The molecule has 15 heteroatoms. The zero-order valence-corrected chi connectivity index (χ0v) is 64.6. The first-order valence-electron chi connectivity index (χ1n) is 38.2. The molecule has 11 heterocycles. The van der Waals surface area contributed by atoms with E-state index in [0.29, 0.717) is 11.8 Å². The maximum absolute atomic E-state index is 5.67. The van der Waals surface area contributed by atoms with Crippen LogP contribution >= 0.6 is 45.3 Å². The van der Waals surface area contributed by atoms with Crippen molar-refractivity contribution in [3.05, 3.63) is 347 Å². The van der Waals surface area contributed by atoms with Gasteiger partial charge in [-0.25, -0.2) is 0 Å². The fraction of sp³-hybridized carbons (Fsp3) is 0. The van der Waals surface area contributed by atoms with Gasteiger partial charge in [-0.1, -0.05) is 121 Å². The van der Waals surface area contributed by atoms with Gasteiger partial charge in [-0.05, 0) is 244 Å². The molecule has 542 valence electrons. The molecule has 11 aromatic heterocycles. The summed E-state index contributed by atoms with van der Waals surface area (Å²) in [6.07, 6.45) is 8.39. The molecular weight excluding hydrogens is 1500 g/mol. The van der Waals surface area contributed by atoms with Crippen molar-refractivity contribution in [3.8, 4) is 133 Å². The first-order valence-corrected chi connectivity index (χ1v) is 41.5. The molecular formula is C101H57N9O2S4. The summed E-state index contributed by atoms with van der Waals surface area (Å²) in [5.41, 5.74) is 25.6. The number of aromatic nitrogens is 9. The van der Waals surface area contributed by atoms with E-state index in [9.17, 15) is 0 Å². The van der Waals surface area contributed by atoms with Crippen LogP contribution in [-0.4, -0.2) is 44.5 Å². The van der Waals surface area contributed by atoms with Gasteiger partial charge in [0.05, 0.1) is 39.1 Å². The number of rotatable bonds is 13. The van der Waals surface area contributed by atoms with Crippen LogP contribution < -0.4 is 0 Å². The second-order valence-corrected chi connectivity index (χ2v) is 33.6. The number of fused-ring (bicyclic) bond motifs is 15. The Morgan fingerprint density at radius 3 is 1.03 bits per heavy atom. The highest BCUT2D eigenvalue weighted by Crippen LogP contribution is 2.49. The van der Waals surface area contributed by atoms with Gasteiger partial charge >= 0.3 is 0 Å². The molecule has 0 unspecified atom stereocenters. The summed E-state index contributed by atoms with van der Waals surface area (Å²) in [5.74, 6) is 0.917. The number of nitrogens with zero attached hydrogens (tertiary/aromatic N) is 9. The molecule has 11 nitrogen and oxygen atoms in total. The van der Waals surface area contributed by atoms with E-state index in [1.54, 1.807) is 0 Å². The fourth-order valence-electron chi connectivity index (χ4n) is 17.4. The molecule has 0 saturated heterocycles. The summed E-state index contributed by atoms with van der Waals surface area (Å²) in [6.45, 7) is 0. The lowest BCUT2D eigenvalue weighted by atomic mass is 9.93. The standard InChI is InChI=1S/C101H57N9O2S4/c1-4-15-71(85-19-7-9-43-102-85)68(12-1)60-21-31-87-75(48-60)76-49-61(22-32-88(76)109(87)67-30-40-98-84(55-67)81-50-62(27-37-95(81)116-98)69-13-2-5-16-72(69)86-20-8-10-44-103-86)70-14-3-6-17-73(70)99-74(18-11-45-104-99)92-42-41-91(113-92)63-28-38-96-82(51-63)79-46-58(25-35-93(79)114-96)59-26-36-94-80(47-59)83-54-66(29-39-97(83)115-94)110-89-33-23-64(100-107-105-56-111-100)52-77(89)78-53-65(24-34-90(78)110)101-108-106-57-112-101/h1-57H. The van der Waals surface area contributed by atoms with Crippen LogP contribution in [0.25, 0.3) is 238 Å². The molecule has 0 N–H and O–H groups in total. The Balaban J connectivity index is 0.574. The predicted molar refractivity (Wildman–Crippen MR) is 481 cm³/mol. The third kappa shape index (κ3) is 10.8. The molecule has 0 radical (unpaired) electrons. The van der Waals surface area contributed by atoms with E-state index in [1.807, 2.05) is 88.2 Å². The zero-order valence-electron chi connectivity index (χ0n) is 61.4. The largest absolute Gasteiger partial charge is 0.423 e. The summed E-state index contributed by atoms with van der Waals surface area (Å²) < 4.78 is 23.6. The van der Waals surface area contributed by atoms with Crippen LogP contribution in [-0.2, 0) is 0 Å². The minimum atomic E-state index is 0.459. The summed E-state index contributed by atoms with van der Waals surface area (Å²) in [5, 5.41) is 28.2. The summed E-state index contributed by atoms with van der Waals surface area (Å²) in [6, 6.07) is 115. The minimum Gasteiger partial charge on any atom is -0.423 e. The van der Waals surface area contributed by atoms with Crippen LogP contribution in [0.2, 0.25) is 0 Å². The third-order valence-electron chi connectivity index (χ3n) is 22.8. The molecule has 0 aliphatic heterocycles. The van der Waals surface area contributed by atoms with Gasteiger partial charge in [0.1, 0.15) is 0 Å². The Kier molecular flexibility index (Phi) is 15.2. The first kappa shape index (κ1) is 66.2. The van der Waals surface area contributed by atoms with E-state index >= 15 is 0 Å². The quantitative estimate of drug-likeness (QED) is 0.111. The molecule has 24 aromatic rings. The SMILES string of the molecule is c1ccc(-c2ccccc2-c2ccc3sc4ccc(-n5c6ccc(-c7ccccc7-c7ccccn7)cc6c6cc(-c7ccccc7-c7ncccc7-c7ccc(-c8ccc9sc%10ccc(-c%11ccc%12sc%13ccc(-n%14c%15ccc(-c%16nnco%16)cc%15c%15cc(-c%16nnco%16)ccc%15%14)cc%13c%12c%11)cc%10c9c8)s7)ccc65)cc4c3c2)nc1. The van der Waals surface area contributed by atoms with Gasteiger partial charge in [0.2, 0.25) is 24.6 Å². The highest BCUT2D eigenvalue weighted by Gasteiger charge is 2.24. The molecule has 0 atom stereocenters. The van der Waals surface area contributed by atoms with Crippen LogP contribution in [0.5, 0.6) is 0 Å². The second-order valence-electron chi connectivity index (χ2n) is 29.2. The van der Waals surface area contributed by atoms with Crippen molar-refractivity contribution in [1.82, 2.24) is 44.5 Å². The van der Waals surface area contributed by atoms with Gasteiger partial charge in [-0.2, -0.15) is 0 Å². The van der Waals surface area contributed by atoms with Gasteiger partial charge in [0.25, 0.3) is 0 Å². The van der Waals surface area contributed by atoms with Gasteiger partial charge in [0.15, 0.2) is 0 Å². The van der Waals surface area contributed by atoms with Crippen molar-refractivity contribution >= 4 is 149 Å². The van der Waals surface area contributed by atoms with Crippen LogP contribution in [0.4, 0.5) is 0 Å². The Labute approximate surface area is 677 Å². The minimum absolute atomic E-state index is 0.459. The van der Waals surface area contributed by atoms with Crippen LogP contribution in [0, 0.1) is 0 Å². The molecule has 0 saturated carbocycles. The molecule has 0 bridgehead atoms. The first-order chi connectivity index (χ1) is 57.4. The maximum Gasteiger partial charge on any atom is 0.247 e. The predicted octanol–water partition coefficient (Wildman–Crippen LogP) is 28.3. The molecule has 0 aliphatic rings. The Morgan fingerprint density at radius 2 is 0.578 bits per heavy atom. The van der Waals surface area contributed by atoms with E-state index in [2.05, 4.69) is 321 Å². The van der Waals surface area contributed by atoms with Crippen molar-refractivity contribution in [2.24, 2.45) is 0 Å². The van der Waals surface area contributed by atoms with E-state index in [1.165, 1.54) is 94.9 Å². The number of thiophene rings is 4. The van der Waals surface area contributed by atoms with Crippen molar-refractivity contribution in [2.75, 3.05) is 0 Å². The number of hydrogen-bond acceptors (Lipinski definition) is 13. The lowest BCUT2D eigenvalue weighted by Crippen LogP contribution is -1.94. The van der Waals surface area contributed by atoms with Crippen molar-refractivity contribution < 1.29 is 8.83 Å². The van der Waals surface area contributed by atoms with Crippen molar-refractivity contribution in [3.63, 3.8) is 0 Å². The Hall–Kier alpha value is -14.5. The monoisotopic (exact) mass is 1560 g/mol. The topological polar surface area (TPSA) is 126 Å². The summed E-state index contributed by atoms with van der Waals surface area (Å²) in [7, 11) is 0. The second kappa shape index (κ2) is 26.6. The lowest BCUT2D eigenvalue weighted by molar-refractivity contribution is 0.568. The van der Waals surface area contributed by atoms with Gasteiger partial charge in [0, 0.05) is 155 Å². The number of benzene rings is 13. The zero-order chi connectivity index (χ0) is 76.1. The summed E-state index contributed by atoms with van der Waals surface area (Å²) >= 11 is 7.33. The van der Waals surface area contributed by atoms with Crippen LogP contribution in [0.1, 0.15) is 0 Å². The molecule has 0 fully saturated rings. The van der Waals surface area contributed by atoms with Gasteiger partial charge in [-0.15, -0.1) is 65.7 Å². The van der Waals surface area contributed by atoms with E-state index in [0.717, 1.165) is 144 Å². The number of pyridine rings is 3. The lowest BCUT2D eigenvalue weighted by Gasteiger charge is -2.13. The van der Waals surface area contributed by atoms with Crippen LogP contribution in [0.3, 0.4) is 0 Å². The molecule has 0 aliphatic carbocycles. The van der Waals surface area contributed by atoms with E-state index < -0.39 is 0 Å². The molecule has 13 aromatic carbocycles. The fourth-order valence-corrected chi connectivity index (χ4v) is 21.7. The van der Waals surface area contributed by atoms with E-state index in [4.69, 9.17) is 23.8 Å². The van der Waals surface area contributed by atoms with Gasteiger partial charge in [-0.3, -0.25) is 15.0 Å². The Morgan fingerprint density at radius 1 is 0.233 bits per heavy atom. The van der Waals surface area contributed by atoms with E-state index in [-0.39, 0.29) is 0 Å². The normalized spacial score (nSPS) is 12.0. The average molecular weight is 1560 g/mol. The maximum atomic E-state index is 5.67.